The number of hydrogen-bond donors (Lipinski definition) is 2. The van der Waals surface area contributed by atoms with Crippen LogP contribution in [0.2, 0.25) is 0 Å². The van der Waals surface area contributed by atoms with Gasteiger partial charge in [0.25, 0.3) is 0 Å². The van der Waals surface area contributed by atoms with E-state index in [-0.39, 0.29) is 12.6 Å². The first kappa shape index (κ1) is 13.2. The van der Waals surface area contributed by atoms with E-state index in [1.165, 1.54) is 5.56 Å². The van der Waals surface area contributed by atoms with Crippen LogP contribution in [-0.2, 0) is 6.54 Å². The Balaban J connectivity index is 2.37. The second kappa shape index (κ2) is 7.39. The van der Waals surface area contributed by atoms with Gasteiger partial charge in [-0.3, -0.25) is 0 Å². The van der Waals surface area contributed by atoms with Gasteiger partial charge < -0.3 is 15.3 Å². The predicted molar refractivity (Wildman–Crippen MR) is 67.3 cm³/mol. The van der Waals surface area contributed by atoms with Crippen molar-refractivity contribution in [3.05, 3.63) is 35.9 Å². The molecule has 0 aliphatic heterocycles. The molecule has 0 aromatic heterocycles. The Labute approximate surface area is 98.1 Å². The van der Waals surface area contributed by atoms with Crippen LogP contribution in [0.5, 0.6) is 0 Å². The van der Waals surface area contributed by atoms with E-state index in [1.54, 1.807) is 0 Å². The number of nitrogens with zero attached hydrogens (tertiary/aromatic N) is 1. The predicted octanol–water partition coefficient (Wildman–Crippen LogP) is 1.09. The molecule has 2 N–H and O–H groups in total. The second-order valence-electron chi connectivity index (χ2n) is 4.12. The summed E-state index contributed by atoms with van der Waals surface area (Å²) in [4.78, 5) is 2.22. The highest BCUT2D eigenvalue weighted by molar-refractivity contribution is 5.14. The van der Waals surface area contributed by atoms with Crippen molar-refractivity contribution in [2.24, 2.45) is 0 Å². The molecule has 0 radical (unpaired) electrons. The summed E-state index contributed by atoms with van der Waals surface area (Å²) in [6, 6.07) is 10.5. The molecule has 0 bridgehead atoms. The number of nitrogens with one attached hydrogen (secondary N) is 1. The van der Waals surface area contributed by atoms with Crippen LogP contribution >= 0.6 is 0 Å². The number of benzene rings is 1. The topological polar surface area (TPSA) is 35.5 Å². The third kappa shape index (κ3) is 4.75. The third-order valence-corrected chi connectivity index (χ3v) is 2.54. The Hall–Kier alpha value is -0.900. The molecular formula is C13H22N2O. The summed E-state index contributed by atoms with van der Waals surface area (Å²) in [6.45, 7) is 4.92. The number of rotatable bonds is 7. The summed E-state index contributed by atoms with van der Waals surface area (Å²) in [5, 5.41) is 12.4. The molecule has 1 aromatic rings. The van der Waals surface area contributed by atoms with Gasteiger partial charge in [0.05, 0.1) is 6.61 Å². The second-order valence-corrected chi connectivity index (χ2v) is 4.12. The van der Waals surface area contributed by atoms with E-state index in [1.807, 2.05) is 6.07 Å². The number of aliphatic hydroxyl groups is 1. The average Bonchev–Trinajstić information content (AvgIpc) is 2.29. The first-order valence-corrected chi connectivity index (χ1v) is 5.83. The van der Waals surface area contributed by atoms with Crippen LogP contribution in [0.1, 0.15) is 12.5 Å². The fourth-order valence-corrected chi connectivity index (χ4v) is 1.81. The Morgan fingerprint density at radius 2 is 2.00 bits per heavy atom. The van der Waals surface area contributed by atoms with E-state index in [0.29, 0.717) is 0 Å². The molecule has 0 saturated carbocycles. The van der Waals surface area contributed by atoms with Gasteiger partial charge >= 0.3 is 0 Å². The van der Waals surface area contributed by atoms with Crippen molar-refractivity contribution in [3.63, 3.8) is 0 Å². The van der Waals surface area contributed by atoms with Crippen molar-refractivity contribution in [1.29, 1.82) is 0 Å². The Bertz CT molecular complexity index is 277. The highest BCUT2D eigenvalue weighted by Gasteiger charge is 2.09. The van der Waals surface area contributed by atoms with Crippen molar-refractivity contribution >= 4 is 0 Å². The van der Waals surface area contributed by atoms with Crippen LogP contribution in [0.25, 0.3) is 0 Å². The zero-order valence-corrected chi connectivity index (χ0v) is 10.2. The monoisotopic (exact) mass is 222 g/mol. The molecule has 3 heteroatoms. The lowest BCUT2D eigenvalue weighted by Gasteiger charge is -2.23. The average molecular weight is 222 g/mol. The summed E-state index contributed by atoms with van der Waals surface area (Å²) in [7, 11) is 2.08. The van der Waals surface area contributed by atoms with Gasteiger partial charge in [-0.05, 0) is 19.2 Å². The van der Waals surface area contributed by atoms with E-state index >= 15 is 0 Å². The maximum Gasteiger partial charge on any atom is 0.0597 e. The minimum atomic E-state index is 0.165. The van der Waals surface area contributed by atoms with Crippen molar-refractivity contribution < 1.29 is 5.11 Å². The molecule has 0 aliphatic rings. The van der Waals surface area contributed by atoms with Crippen LogP contribution in [0.15, 0.2) is 30.3 Å². The van der Waals surface area contributed by atoms with Gasteiger partial charge in [-0.2, -0.15) is 0 Å². The molecule has 0 saturated heterocycles. The van der Waals surface area contributed by atoms with Crippen molar-refractivity contribution in [2.45, 2.75) is 19.5 Å². The lowest BCUT2D eigenvalue weighted by Crippen LogP contribution is -2.41. The zero-order chi connectivity index (χ0) is 11.8. The Kier molecular flexibility index (Phi) is 6.08. The highest BCUT2D eigenvalue weighted by Crippen LogP contribution is 2.02. The minimum absolute atomic E-state index is 0.165. The van der Waals surface area contributed by atoms with Gasteiger partial charge in [0.2, 0.25) is 0 Å². The molecule has 0 aliphatic carbocycles. The largest absolute Gasteiger partial charge is 0.395 e. The highest BCUT2D eigenvalue weighted by atomic mass is 16.3. The van der Waals surface area contributed by atoms with Gasteiger partial charge in [-0.15, -0.1) is 0 Å². The Morgan fingerprint density at radius 1 is 1.31 bits per heavy atom. The molecule has 1 aromatic carbocycles. The van der Waals surface area contributed by atoms with Crippen LogP contribution in [0.4, 0.5) is 0 Å². The van der Waals surface area contributed by atoms with Crippen molar-refractivity contribution in [3.8, 4) is 0 Å². The van der Waals surface area contributed by atoms with E-state index in [2.05, 4.69) is 48.5 Å². The Morgan fingerprint density at radius 3 is 2.56 bits per heavy atom. The lowest BCUT2D eigenvalue weighted by molar-refractivity contribution is 0.197. The first-order chi connectivity index (χ1) is 7.76. The maximum atomic E-state index is 9.18. The SMILES string of the molecule is CCNC(CO)CN(C)Cc1ccccc1. The smallest absolute Gasteiger partial charge is 0.0597 e. The normalized spacial score (nSPS) is 13.0. The molecule has 1 atom stereocenters. The van der Waals surface area contributed by atoms with Gasteiger partial charge in [0.1, 0.15) is 0 Å². The summed E-state index contributed by atoms with van der Waals surface area (Å²) < 4.78 is 0. The number of hydrogen-bond acceptors (Lipinski definition) is 3. The van der Waals surface area contributed by atoms with Crippen LogP contribution in [0.3, 0.4) is 0 Å². The fourth-order valence-electron chi connectivity index (χ4n) is 1.81. The summed E-state index contributed by atoms with van der Waals surface area (Å²) in [5.41, 5.74) is 1.30. The number of likely N-dealkylation sites (N-methyl/N-ethyl adjacent to an activating group) is 2. The first-order valence-electron chi connectivity index (χ1n) is 5.83. The van der Waals surface area contributed by atoms with Gasteiger partial charge in [0.15, 0.2) is 0 Å². The van der Waals surface area contributed by atoms with Gasteiger partial charge in [0, 0.05) is 19.1 Å². The maximum absolute atomic E-state index is 9.18. The standard InChI is InChI=1S/C13H22N2O/c1-3-14-13(11-16)10-15(2)9-12-7-5-4-6-8-12/h4-8,13-14,16H,3,9-11H2,1-2H3. The summed E-state index contributed by atoms with van der Waals surface area (Å²) in [6.07, 6.45) is 0. The van der Waals surface area contributed by atoms with E-state index in [9.17, 15) is 5.11 Å². The molecule has 0 fully saturated rings. The van der Waals surface area contributed by atoms with Gasteiger partial charge in [-0.1, -0.05) is 37.3 Å². The molecule has 0 spiro atoms. The number of aliphatic hydroxyl groups excluding tert-OH is 1. The zero-order valence-electron chi connectivity index (χ0n) is 10.2. The van der Waals surface area contributed by atoms with Crippen LogP contribution in [-0.4, -0.2) is 42.8 Å². The van der Waals surface area contributed by atoms with Crippen molar-refractivity contribution in [2.75, 3.05) is 26.7 Å². The summed E-state index contributed by atoms with van der Waals surface area (Å²) >= 11 is 0. The molecule has 90 valence electrons. The van der Waals surface area contributed by atoms with Crippen molar-refractivity contribution in [1.82, 2.24) is 10.2 Å². The molecule has 1 rings (SSSR count). The fraction of sp³-hybridized carbons (Fsp3) is 0.538. The third-order valence-electron chi connectivity index (χ3n) is 2.54. The molecule has 1 unspecified atom stereocenters. The molecule has 0 heterocycles. The lowest BCUT2D eigenvalue weighted by atomic mass is 10.2. The van der Waals surface area contributed by atoms with E-state index < -0.39 is 0 Å². The summed E-state index contributed by atoms with van der Waals surface area (Å²) in [5.74, 6) is 0. The molecule has 3 nitrogen and oxygen atoms in total. The molecular weight excluding hydrogens is 200 g/mol. The van der Waals surface area contributed by atoms with Gasteiger partial charge in [-0.25, -0.2) is 0 Å². The minimum Gasteiger partial charge on any atom is -0.395 e. The van der Waals surface area contributed by atoms with Crippen LogP contribution in [0, 0.1) is 0 Å². The van der Waals surface area contributed by atoms with Crippen LogP contribution < -0.4 is 5.32 Å². The quantitative estimate of drug-likeness (QED) is 0.725. The molecule has 16 heavy (non-hydrogen) atoms. The van der Waals surface area contributed by atoms with E-state index in [0.717, 1.165) is 19.6 Å². The molecule has 0 amide bonds. The van der Waals surface area contributed by atoms with E-state index in [4.69, 9.17) is 0 Å².